The van der Waals surface area contributed by atoms with Gasteiger partial charge in [0.2, 0.25) is 11.8 Å². The molecule has 0 bridgehead atoms. The van der Waals surface area contributed by atoms with Gasteiger partial charge in [0.25, 0.3) is 10.0 Å². The Hall–Kier alpha value is -2.94. The average molecular weight is 464 g/mol. The van der Waals surface area contributed by atoms with Crippen molar-refractivity contribution in [2.24, 2.45) is 5.41 Å². The zero-order valence-electron chi connectivity index (χ0n) is 18.8. The van der Waals surface area contributed by atoms with Crippen molar-refractivity contribution in [1.29, 1.82) is 0 Å². The summed E-state index contributed by atoms with van der Waals surface area (Å²) >= 11 is 0. The van der Waals surface area contributed by atoms with Crippen LogP contribution in [0, 0.1) is 18.2 Å². The number of benzene rings is 2. The SMILES string of the molecule is Cc1ccc(F)c(N(CC(=O)NCCNC(=O)CC(C)(C)C)S(=O)(=O)c2ccccc2)c1. The first kappa shape index (κ1) is 25.3. The Bertz CT molecular complexity index is 1050. The van der Waals surface area contributed by atoms with Crippen LogP contribution in [0.15, 0.2) is 53.4 Å². The van der Waals surface area contributed by atoms with Crippen molar-refractivity contribution in [2.75, 3.05) is 23.9 Å². The number of carbonyl (C=O) groups is 2. The molecule has 0 heterocycles. The third kappa shape index (κ3) is 7.33. The maximum absolute atomic E-state index is 14.6. The monoisotopic (exact) mass is 463 g/mol. The molecule has 2 rings (SSSR count). The fourth-order valence-electron chi connectivity index (χ4n) is 2.97. The molecule has 2 amide bonds. The van der Waals surface area contributed by atoms with Crippen molar-refractivity contribution >= 4 is 27.5 Å². The summed E-state index contributed by atoms with van der Waals surface area (Å²) in [6.07, 6.45) is 0.344. The third-order valence-corrected chi connectivity index (χ3v) is 6.22. The molecule has 0 aromatic heterocycles. The fourth-order valence-corrected chi connectivity index (χ4v) is 4.41. The van der Waals surface area contributed by atoms with E-state index in [1.165, 1.54) is 30.3 Å². The van der Waals surface area contributed by atoms with Gasteiger partial charge in [0.1, 0.15) is 12.4 Å². The van der Waals surface area contributed by atoms with E-state index in [2.05, 4.69) is 10.6 Å². The van der Waals surface area contributed by atoms with Crippen molar-refractivity contribution < 1.29 is 22.4 Å². The van der Waals surface area contributed by atoms with Gasteiger partial charge in [0.05, 0.1) is 10.6 Å². The Morgan fingerprint density at radius 2 is 1.56 bits per heavy atom. The summed E-state index contributed by atoms with van der Waals surface area (Å²) in [5.41, 5.74) is 0.288. The molecule has 9 heteroatoms. The van der Waals surface area contributed by atoms with E-state index in [1.807, 2.05) is 20.8 Å². The highest BCUT2D eigenvalue weighted by molar-refractivity contribution is 7.92. The quantitative estimate of drug-likeness (QED) is 0.559. The molecule has 2 aromatic rings. The predicted molar refractivity (Wildman–Crippen MR) is 122 cm³/mol. The fraction of sp³-hybridized carbons (Fsp3) is 0.391. The van der Waals surface area contributed by atoms with Gasteiger partial charge in [0.15, 0.2) is 0 Å². The maximum Gasteiger partial charge on any atom is 0.264 e. The Labute approximate surface area is 189 Å². The summed E-state index contributed by atoms with van der Waals surface area (Å²) in [4.78, 5) is 24.3. The molecule has 0 aliphatic rings. The highest BCUT2D eigenvalue weighted by atomic mass is 32.2. The number of halogens is 1. The van der Waals surface area contributed by atoms with E-state index in [4.69, 9.17) is 0 Å². The van der Waals surface area contributed by atoms with Gasteiger partial charge < -0.3 is 10.6 Å². The van der Waals surface area contributed by atoms with Crippen LogP contribution >= 0.6 is 0 Å². The second kappa shape index (κ2) is 10.6. The van der Waals surface area contributed by atoms with Crippen molar-refractivity contribution in [3.63, 3.8) is 0 Å². The average Bonchev–Trinajstić information content (AvgIpc) is 2.70. The van der Waals surface area contributed by atoms with Gasteiger partial charge in [-0.25, -0.2) is 12.8 Å². The second-order valence-electron chi connectivity index (χ2n) is 8.72. The summed E-state index contributed by atoms with van der Waals surface area (Å²) in [5, 5.41) is 5.28. The van der Waals surface area contributed by atoms with E-state index >= 15 is 0 Å². The minimum atomic E-state index is -4.19. The molecule has 0 aliphatic carbocycles. The standard InChI is InChI=1S/C23H30FN3O4S/c1-17-10-11-19(24)20(14-17)27(32(30,31)18-8-6-5-7-9-18)16-22(29)26-13-12-25-21(28)15-23(2,3)4/h5-11,14H,12-13,15-16H2,1-4H3,(H,25,28)(H,26,29). The minimum Gasteiger partial charge on any atom is -0.354 e. The largest absolute Gasteiger partial charge is 0.354 e. The Morgan fingerprint density at radius 3 is 2.16 bits per heavy atom. The molecular formula is C23H30FN3O4S. The van der Waals surface area contributed by atoms with E-state index in [0.29, 0.717) is 12.0 Å². The lowest BCUT2D eigenvalue weighted by Gasteiger charge is -2.25. The van der Waals surface area contributed by atoms with Gasteiger partial charge in [-0.2, -0.15) is 0 Å². The molecular weight excluding hydrogens is 433 g/mol. The number of nitrogens with zero attached hydrogens (tertiary/aromatic N) is 1. The zero-order valence-corrected chi connectivity index (χ0v) is 19.6. The van der Waals surface area contributed by atoms with Crippen LogP contribution in [0.4, 0.5) is 10.1 Å². The first-order chi connectivity index (χ1) is 14.9. The topological polar surface area (TPSA) is 95.6 Å². The van der Waals surface area contributed by atoms with Crippen molar-refractivity contribution in [2.45, 2.75) is 39.0 Å². The lowest BCUT2D eigenvalue weighted by atomic mass is 9.92. The van der Waals surface area contributed by atoms with Gasteiger partial charge >= 0.3 is 0 Å². The number of hydrogen-bond donors (Lipinski definition) is 2. The van der Waals surface area contributed by atoms with Crippen LogP contribution < -0.4 is 14.9 Å². The van der Waals surface area contributed by atoms with Crippen LogP contribution in [0.5, 0.6) is 0 Å². The number of nitrogens with one attached hydrogen (secondary N) is 2. The van der Waals surface area contributed by atoms with Gasteiger partial charge in [-0.15, -0.1) is 0 Å². The van der Waals surface area contributed by atoms with Crippen LogP contribution in [0.3, 0.4) is 0 Å². The number of hydrogen-bond acceptors (Lipinski definition) is 4. The van der Waals surface area contributed by atoms with Gasteiger partial charge in [-0.3, -0.25) is 13.9 Å². The number of rotatable bonds is 9. The number of carbonyl (C=O) groups excluding carboxylic acids is 2. The van der Waals surface area contributed by atoms with Crippen LogP contribution in [0.25, 0.3) is 0 Å². The highest BCUT2D eigenvalue weighted by Gasteiger charge is 2.29. The van der Waals surface area contributed by atoms with Crippen LogP contribution in [0.2, 0.25) is 0 Å². The number of anilines is 1. The molecule has 0 spiro atoms. The molecule has 2 N–H and O–H groups in total. The molecule has 174 valence electrons. The molecule has 2 aromatic carbocycles. The van der Waals surface area contributed by atoms with Crippen molar-refractivity contribution in [1.82, 2.24) is 10.6 Å². The minimum absolute atomic E-state index is 0.0526. The Kier molecular flexibility index (Phi) is 8.38. The molecule has 0 saturated carbocycles. The lowest BCUT2D eigenvalue weighted by molar-refractivity contribution is -0.123. The van der Waals surface area contributed by atoms with Crippen molar-refractivity contribution in [3.05, 3.63) is 59.9 Å². The summed E-state index contributed by atoms with van der Waals surface area (Å²) in [5.74, 6) is -1.50. The van der Waals surface area contributed by atoms with Crippen LogP contribution in [0.1, 0.15) is 32.8 Å². The van der Waals surface area contributed by atoms with Crippen molar-refractivity contribution in [3.8, 4) is 0 Å². The van der Waals surface area contributed by atoms with E-state index in [-0.39, 0.29) is 35.0 Å². The summed E-state index contributed by atoms with van der Waals surface area (Å²) in [6.45, 7) is 7.25. The predicted octanol–water partition coefficient (Wildman–Crippen LogP) is 3.00. The second-order valence-corrected chi connectivity index (χ2v) is 10.6. The van der Waals surface area contributed by atoms with E-state index in [9.17, 15) is 22.4 Å². The highest BCUT2D eigenvalue weighted by Crippen LogP contribution is 2.27. The molecule has 0 aliphatic heterocycles. The molecule has 0 fully saturated rings. The number of aryl methyl sites for hydroxylation is 1. The summed E-state index contributed by atoms with van der Waals surface area (Å²) < 4.78 is 41.7. The molecule has 7 nitrogen and oxygen atoms in total. The number of amides is 2. The summed E-state index contributed by atoms with van der Waals surface area (Å²) in [7, 11) is -4.19. The third-order valence-electron chi connectivity index (χ3n) is 4.45. The zero-order chi connectivity index (χ0) is 23.9. The molecule has 0 atom stereocenters. The van der Waals surface area contributed by atoms with E-state index in [1.54, 1.807) is 25.1 Å². The molecule has 0 saturated heterocycles. The van der Waals surface area contributed by atoms with Crippen LogP contribution in [-0.2, 0) is 19.6 Å². The van der Waals surface area contributed by atoms with Crippen LogP contribution in [-0.4, -0.2) is 39.9 Å². The molecule has 0 radical (unpaired) electrons. The molecule has 0 unspecified atom stereocenters. The first-order valence-electron chi connectivity index (χ1n) is 10.3. The maximum atomic E-state index is 14.6. The van der Waals surface area contributed by atoms with E-state index < -0.39 is 28.3 Å². The first-order valence-corrected chi connectivity index (χ1v) is 11.7. The Balaban J connectivity index is 2.13. The van der Waals surface area contributed by atoms with Gasteiger partial charge in [-0.05, 0) is 42.2 Å². The van der Waals surface area contributed by atoms with E-state index in [0.717, 1.165) is 4.31 Å². The molecule has 32 heavy (non-hydrogen) atoms. The number of sulfonamides is 1. The van der Waals surface area contributed by atoms with Gasteiger partial charge in [0, 0.05) is 19.5 Å². The van der Waals surface area contributed by atoms with Gasteiger partial charge in [-0.1, -0.05) is 45.0 Å². The normalized spacial score (nSPS) is 11.7. The lowest BCUT2D eigenvalue weighted by Crippen LogP contribution is -2.43. The summed E-state index contributed by atoms with van der Waals surface area (Å²) in [6, 6.07) is 11.6. The smallest absolute Gasteiger partial charge is 0.264 e. The Morgan fingerprint density at radius 1 is 0.969 bits per heavy atom.